The summed E-state index contributed by atoms with van der Waals surface area (Å²) in [6.07, 6.45) is 1.88. The van der Waals surface area contributed by atoms with Gasteiger partial charge in [0.05, 0.1) is 11.3 Å². The van der Waals surface area contributed by atoms with Crippen molar-refractivity contribution in [1.29, 1.82) is 0 Å². The van der Waals surface area contributed by atoms with Gasteiger partial charge >= 0.3 is 0 Å². The van der Waals surface area contributed by atoms with Crippen LogP contribution in [0.15, 0.2) is 66.4 Å². The van der Waals surface area contributed by atoms with E-state index < -0.39 is 0 Å². The summed E-state index contributed by atoms with van der Waals surface area (Å²) in [6, 6.07) is 19.4. The second-order valence-electron chi connectivity index (χ2n) is 8.80. The van der Waals surface area contributed by atoms with Gasteiger partial charge in [-0.15, -0.1) is 0 Å². The zero-order valence-corrected chi connectivity index (χ0v) is 19.7. The maximum absolute atomic E-state index is 14.0. The van der Waals surface area contributed by atoms with Crippen LogP contribution in [0.2, 0.25) is 5.02 Å². The average Bonchev–Trinajstić information content (AvgIpc) is 3.03. The second kappa shape index (κ2) is 8.20. The van der Waals surface area contributed by atoms with Gasteiger partial charge in [0, 0.05) is 17.3 Å². The largest absolute Gasteiger partial charge is 0.336 e. The van der Waals surface area contributed by atoms with Crippen molar-refractivity contribution >= 4 is 40.4 Å². The van der Waals surface area contributed by atoms with Crippen molar-refractivity contribution in [2.45, 2.75) is 33.6 Å². The number of hydrogen-bond acceptors (Lipinski definition) is 3. The summed E-state index contributed by atoms with van der Waals surface area (Å²) in [5.74, 6) is -0.590. The van der Waals surface area contributed by atoms with Crippen molar-refractivity contribution in [3.63, 3.8) is 0 Å². The molecule has 2 heterocycles. The number of halogens is 1. The fourth-order valence-electron chi connectivity index (χ4n) is 4.96. The van der Waals surface area contributed by atoms with Gasteiger partial charge in [0.1, 0.15) is 5.70 Å². The molecule has 2 aliphatic heterocycles. The van der Waals surface area contributed by atoms with Crippen LogP contribution in [0.25, 0.3) is 5.57 Å². The van der Waals surface area contributed by atoms with Gasteiger partial charge in [-0.05, 0) is 80.1 Å². The van der Waals surface area contributed by atoms with Crippen molar-refractivity contribution in [3.8, 4) is 0 Å². The lowest BCUT2D eigenvalue weighted by molar-refractivity contribution is -0.120. The molecule has 0 aliphatic carbocycles. The molecular formula is C28H25ClN2O2. The van der Waals surface area contributed by atoms with E-state index in [1.165, 1.54) is 10.5 Å². The molecule has 0 radical (unpaired) electrons. The molecule has 5 heteroatoms. The van der Waals surface area contributed by atoms with Crippen molar-refractivity contribution < 1.29 is 9.59 Å². The lowest BCUT2D eigenvalue weighted by atomic mass is 9.95. The quantitative estimate of drug-likeness (QED) is 0.453. The molecule has 0 spiro atoms. The van der Waals surface area contributed by atoms with Crippen molar-refractivity contribution in [3.05, 3.63) is 99.2 Å². The first kappa shape index (κ1) is 21.5. The number of benzene rings is 3. The molecule has 0 fully saturated rings. The molecule has 5 rings (SSSR count). The van der Waals surface area contributed by atoms with Gasteiger partial charge in [0.2, 0.25) is 0 Å². The maximum atomic E-state index is 14.0. The highest BCUT2D eigenvalue weighted by Crippen LogP contribution is 2.41. The van der Waals surface area contributed by atoms with E-state index in [9.17, 15) is 9.59 Å². The van der Waals surface area contributed by atoms with E-state index in [-0.39, 0.29) is 11.8 Å². The van der Waals surface area contributed by atoms with Crippen LogP contribution in [0.5, 0.6) is 0 Å². The Labute approximate surface area is 199 Å². The van der Waals surface area contributed by atoms with Gasteiger partial charge in [-0.2, -0.15) is 0 Å². The summed E-state index contributed by atoms with van der Waals surface area (Å²) >= 11 is 6.16. The maximum Gasteiger partial charge on any atom is 0.282 e. The van der Waals surface area contributed by atoms with Crippen LogP contribution in [0, 0.1) is 20.8 Å². The minimum atomic E-state index is -0.296. The van der Waals surface area contributed by atoms with E-state index in [1.54, 1.807) is 18.2 Å². The Kier molecular flexibility index (Phi) is 5.34. The van der Waals surface area contributed by atoms with Crippen molar-refractivity contribution in [2.24, 2.45) is 0 Å². The molecule has 4 nitrogen and oxygen atoms in total. The molecule has 3 aromatic rings. The van der Waals surface area contributed by atoms with Crippen LogP contribution in [0.1, 0.15) is 34.2 Å². The number of fused-ring (bicyclic) bond motifs is 1. The zero-order valence-electron chi connectivity index (χ0n) is 19.0. The number of hydrogen-bond donors (Lipinski definition) is 0. The lowest BCUT2D eigenvalue weighted by Gasteiger charge is -2.32. The van der Waals surface area contributed by atoms with Crippen LogP contribution >= 0.6 is 11.6 Å². The molecule has 33 heavy (non-hydrogen) atoms. The Bertz CT molecular complexity index is 1340. The van der Waals surface area contributed by atoms with E-state index >= 15 is 0 Å². The fraction of sp³-hybridized carbons (Fsp3) is 0.214. The average molecular weight is 457 g/mol. The van der Waals surface area contributed by atoms with Gasteiger partial charge < -0.3 is 4.90 Å². The molecule has 0 unspecified atom stereocenters. The van der Waals surface area contributed by atoms with E-state index in [2.05, 4.69) is 12.1 Å². The van der Waals surface area contributed by atoms with Crippen LogP contribution in [0.3, 0.4) is 0 Å². The number of carbonyl (C=O) groups is 2. The Balaban J connectivity index is 1.74. The summed E-state index contributed by atoms with van der Waals surface area (Å²) in [6.45, 7) is 6.57. The van der Waals surface area contributed by atoms with Gasteiger partial charge in [-0.1, -0.05) is 53.6 Å². The minimum absolute atomic E-state index is 0.294. The predicted molar refractivity (Wildman–Crippen MR) is 134 cm³/mol. The van der Waals surface area contributed by atoms with E-state index in [0.717, 1.165) is 40.8 Å². The Hall–Kier alpha value is -3.37. The number of aryl methyl sites for hydroxylation is 4. The number of nitrogens with zero attached hydrogens (tertiary/aromatic N) is 2. The molecular weight excluding hydrogens is 432 g/mol. The van der Waals surface area contributed by atoms with Gasteiger partial charge in [0.25, 0.3) is 11.8 Å². The molecule has 0 N–H and O–H groups in total. The predicted octanol–water partition coefficient (Wildman–Crippen LogP) is 6.00. The molecule has 166 valence electrons. The number of amides is 2. The smallest absolute Gasteiger partial charge is 0.282 e. The Morgan fingerprint density at radius 3 is 2.36 bits per heavy atom. The summed E-state index contributed by atoms with van der Waals surface area (Å²) in [5.41, 5.74) is 7.34. The van der Waals surface area contributed by atoms with Gasteiger partial charge in [-0.3, -0.25) is 9.59 Å². The van der Waals surface area contributed by atoms with Gasteiger partial charge in [-0.25, -0.2) is 4.90 Å². The fourth-order valence-corrected chi connectivity index (χ4v) is 5.19. The highest BCUT2D eigenvalue weighted by atomic mass is 35.5. The Morgan fingerprint density at radius 1 is 0.818 bits per heavy atom. The molecule has 2 aliphatic rings. The zero-order chi connectivity index (χ0) is 23.3. The second-order valence-corrected chi connectivity index (χ2v) is 9.24. The number of para-hydroxylation sites is 1. The first-order chi connectivity index (χ1) is 15.9. The summed E-state index contributed by atoms with van der Waals surface area (Å²) < 4.78 is 0. The minimum Gasteiger partial charge on any atom is -0.336 e. The molecule has 0 atom stereocenters. The molecule has 3 aromatic carbocycles. The van der Waals surface area contributed by atoms with E-state index in [1.807, 2.05) is 56.0 Å². The highest BCUT2D eigenvalue weighted by molar-refractivity contribution is 6.46. The SMILES string of the molecule is Cc1ccc(C2=C(N3CCCc4ccccc43)C(=O)N(c3ccc(Cl)cc3C)C2=O)c(C)c1. The normalized spacial score (nSPS) is 16.0. The number of rotatable bonds is 3. The molecule has 0 bridgehead atoms. The molecule has 0 aromatic heterocycles. The van der Waals surface area contributed by atoms with Gasteiger partial charge in [0.15, 0.2) is 0 Å². The number of anilines is 2. The van der Waals surface area contributed by atoms with Crippen LogP contribution in [-0.4, -0.2) is 18.4 Å². The molecule has 2 amide bonds. The summed E-state index contributed by atoms with van der Waals surface area (Å²) in [5, 5.41) is 0.572. The Morgan fingerprint density at radius 2 is 1.61 bits per heavy atom. The standard InChI is InChI=1S/C28H25ClN2O2/c1-17-10-12-22(18(2)15-17)25-26(30-14-6-8-20-7-4-5-9-24(20)30)28(33)31(27(25)32)23-13-11-21(29)16-19(23)3/h4-5,7,9-13,15-16H,6,8,14H2,1-3H3. The summed E-state index contributed by atoms with van der Waals surface area (Å²) in [4.78, 5) is 31.3. The van der Waals surface area contributed by atoms with Crippen molar-refractivity contribution in [2.75, 3.05) is 16.3 Å². The van der Waals surface area contributed by atoms with E-state index in [0.29, 0.717) is 28.5 Å². The topological polar surface area (TPSA) is 40.6 Å². The highest BCUT2D eigenvalue weighted by Gasteiger charge is 2.44. The van der Waals surface area contributed by atoms with Crippen LogP contribution in [0.4, 0.5) is 11.4 Å². The summed E-state index contributed by atoms with van der Waals surface area (Å²) in [7, 11) is 0. The number of carbonyl (C=O) groups excluding carboxylic acids is 2. The first-order valence-electron chi connectivity index (χ1n) is 11.2. The third-order valence-electron chi connectivity index (χ3n) is 6.49. The first-order valence-corrected chi connectivity index (χ1v) is 11.6. The number of imide groups is 1. The monoisotopic (exact) mass is 456 g/mol. The lowest BCUT2D eigenvalue weighted by Crippen LogP contribution is -2.37. The van der Waals surface area contributed by atoms with Crippen LogP contribution in [-0.2, 0) is 16.0 Å². The van der Waals surface area contributed by atoms with Crippen LogP contribution < -0.4 is 9.80 Å². The third kappa shape index (κ3) is 3.55. The third-order valence-corrected chi connectivity index (χ3v) is 6.73. The molecule has 0 saturated carbocycles. The van der Waals surface area contributed by atoms with Crippen molar-refractivity contribution in [1.82, 2.24) is 0 Å². The van der Waals surface area contributed by atoms with E-state index in [4.69, 9.17) is 11.6 Å². The molecule has 0 saturated heterocycles.